The van der Waals surface area contributed by atoms with Gasteiger partial charge in [0, 0.05) is 6.20 Å². The molecule has 1 heterocycles. The lowest BCUT2D eigenvalue weighted by molar-refractivity contribution is 0.624. The van der Waals surface area contributed by atoms with Crippen molar-refractivity contribution < 1.29 is 0 Å². The van der Waals surface area contributed by atoms with Crippen LogP contribution in [-0.2, 0) is 6.54 Å². The van der Waals surface area contributed by atoms with Crippen molar-refractivity contribution in [3.8, 4) is 6.07 Å². The number of rotatable bonds is 2. The van der Waals surface area contributed by atoms with Crippen LogP contribution in [0.3, 0.4) is 0 Å². The van der Waals surface area contributed by atoms with Gasteiger partial charge in [0.1, 0.15) is 4.60 Å². The minimum atomic E-state index is 0.508. The van der Waals surface area contributed by atoms with E-state index < -0.39 is 0 Å². The fourth-order valence-corrected chi connectivity index (χ4v) is 0.948. The van der Waals surface area contributed by atoms with Crippen LogP contribution in [0.5, 0.6) is 0 Å². The summed E-state index contributed by atoms with van der Waals surface area (Å²) in [5.74, 6) is 0. The Kier molecular flexibility index (Phi) is 2.46. The molecule has 10 heavy (non-hydrogen) atoms. The molecule has 0 aliphatic carbocycles. The molecule has 0 saturated carbocycles. The molecule has 0 atom stereocenters. The molecule has 0 aliphatic heterocycles. The van der Waals surface area contributed by atoms with Gasteiger partial charge < -0.3 is 0 Å². The molecule has 0 amide bonds. The summed E-state index contributed by atoms with van der Waals surface area (Å²) in [5, 5.41) is 12.3. The zero-order valence-electron chi connectivity index (χ0n) is 5.29. The zero-order chi connectivity index (χ0) is 7.40. The number of aryl methyl sites for hydroxylation is 1. The Labute approximate surface area is 67.4 Å². The highest BCUT2D eigenvalue weighted by Gasteiger charge is 1.92. The van der Waals surface area contributed by atoms with Gasteiger partial charge in [0.15, 0.2) is 0 Å². The standard InChI is InChI=1S/C6H6BrN3/c7-6-2-5-10(9-6)4-1-3-8/h2,5H,1,4H2. The fraction of sp³-hybridized carbons (Fsp3) is 0.333. The third kappa shape index (κ3) is 1.85. The molecule has 0 saturated heterocycles. The summed E-state index contributed by atoms with van der Waals surface area (Å²) in [6, 6.07) is 3.89. The van der Waals surface area contributed by atoms with Gasteiger partial charge in [-0.3, -0.25) is 4.68 Å². The maximum atomic E-state index is 8.23. The van der Waals surface area contributed by atoms with Crippen LogP contribution in [0.15, 0.2) is 16.9 Å². The largest absolute Gasteiger partial charge is 0.271 e. The number of aromatic nitrogens is 2. The zero-order valence-corrected chi connectivity index (χ0v) is 6.87. The average Bonchev–Trinajstić information content (AvgIpc) is 2.31. The van der Waals surface area contributed by atoms with Crippen molar-refractivity contribution in [3.63, 3.8) is 0 Å². The van der Waals surface area contributed by atoms with Gasteiger partial charge in [0.25, 0.3) is 0 Å². The van der Waals surface area contributed by atoms with Gasteiger partial charge in [-0.2, -0.15) is 10.4 Å². The predicted molar refractivity (Wildman–Crippen MR) is 40.2 cm³/mol. The summed E-state index contributed by atoms with van der Waals surface area (Å²) in [6.45, 7) is 0.669. The lowest BCUT2D eigenvalue weighted by Crippen LogP contribution is -1.96. The number of hydrogen-bond acceptors (Lipinski definition) is 2. The Bertz CT molecular complexity index is 248. The molecule has 3 nitrogen and oxygen atoms in total. The van der Waals surface area contributed by atoms with E-state index in [2.05, 4.69) is 21.0 Å². The molecule has 52 valence electrons. The van der Waals surface area contributed by atoms with Crippen LogP contribution in [0.4, 0.5) is 0 Å². The van der Waals surface area contributed by atoms with Gasteiger partial charge in [-0.1, -0.05) is 0 Å². The first-order valence-electron chi connectivity index (χ1n) is 2.89. The minimum absolute atomic E-state index is 0.508. The lowest BCUT2D eigenvalue weighted by atomic mass is 10.5. The van der Waals surface area contributed by atoms with Crippen molar-refractivity contribution in [2.45, 2.75) is 13.0 Å². The third-order valence-corrected chi connectivity index (χ3v) is 1.48. The molecule has 0 radical (unpaired) electrons. The van der Waals surface area contributed by atoms with Crippen LogP contribution in [-0.4, -0.2) is 9.78 Å². The van der Waals surface area contributed by atoms with E-state index in [1.165, 1.54) is 0 Å². The summed E-state index contributed by atoms with van der Waals surface area (Å²) < 4.78 is 2.54. The van der Waals surface area contributed by atoms with Crippen LogP contribution in [0.25, 0.3) is 0 Å². The molecule has 1 rings (SSSR count). The minimum Gasteiger partial charge on any atom is -0.271 e. The maximum absolute atomic E-state index is 8.23. The third-order valence-electron chi connectivity index (χ3n) is 1.06. The normalized spacial score (nSPS) is 9.20. The molecule has 0 fully saturated rings. The second kappa shape index (κ2) is 3.37. The molecule has 0 bridgehead atoms. The van der Waals surface area contributed by atoms with Crippen LogP contribution in [0, 0.1) is 11.3 Å². The highest BCUT2D eigenvalue weighted by molar-refractivity contribution is 9.10. The van der Waals surface area contributed by atoms with Gasteiger partial charge in [-0.25, -0.2) is 0 Å². The van der Waals surface area contributed by atoms with E-state index in [4.69, 9.17) is 5.26 Å². The van der Waals surface area contributed by atoms with Crippen molar-refractivity contribution in [2.24, 2.45) is 0 Å². The van der Waals surface area contributed by atoms with E-state index in [9.17, 15) is 0 Å². The molecule has 0 aromatic carbocycles. The van der Waals surface area contributed by atoms with Crippen molar-refractivity contribution in [1.29, 1.82) is 5.26 Å². The van der Waals surface area contributed by atoms with Gasteiger partial charge >= 0.3 is 0 Å². The molecule has 0 spiro atoms. The topological polar surface area (TPSA) is 41.6 Å². The first-order valence-corrected chi connectivity index (χ1v) is 3.68. The first-order chi connectivity index (χ1) is 4.83. The van der Waals surface area contributed by atoms with Crippen molar-refractivity contribution >= 4 is 15.9 Å². The fourth-order valence-electron chi connectivity index (χ4n) is 0.626. The van der Waals surface area contributed by atoms with E-state index in [0.29, 0.717) is 13.0 Å². The Hall–Kier alpha value is -0.820. The molecule has 0 N–H and O–H groups in total. The highest BCUT2D eigenvalue weighted by atomic mass is 79.9. The van der Waals surface area contributed by atoms with Crippen molar-refractivity contribution in [2.75, 3.05) is 0 Å². The SMILES string of the molecule is N#CCCn1ccc(Br)n1. The summed E-state index contributed by atoms with van der Waals surface area (Å²) in [4.78, 5) is 0. The monoisotopic (exact) mass is 199 g/mol. The van der Waals surface area contributed by atoms with Gasteiger partial charge in [-0.05, 0) is 22.0 Å². The van der Waals surface area contributed by atoms with Gasteiger partial charge in [-0.15, -0.1) is 0 Å². The molecular formula is C6H6BrN3. The maximum Gasteiger partial charge on any atom is 0.128 e. The summed E-state index contributed by atoms with van der Waals surface area (Å²) in [6.07, 6.45) is 2.34. The molecule has 1 aromatic heterocycles. The smallest absolute Gasteiger partial charge is 0.128 e. The van der Waals surface area contributed by atoms with E-state index in [1.807, 2.05) is 18.3 Å². The predicted octanol–water partition coefficient (Wildman–Crippen LogP) is 1.56. The van der Waals surface area contributed by atoms with Gasteiger partial charge in [0.2, 0.25) is 0 Å². The van der Waals surface area contributed by atoms with Crippen LogP contribution in [0.1, 0.15) is 6.42 Å². The molecule has 4 heteroatoms. The Morgan fingerprint density at radius 2 is 2.60 bits per heavy atom. The van der Waals surface area contributed by atoms with E-state index in [0.717, 1.165) is 4.60 Å². The van der Waals surface area contributed by atoms with E-state index >= 15 is 0 Å². The number of halogens is 1. The molecule has 0 aliphatic rings. The number of nitriles is 1. The Morgan fingerprint density at radius 1 is 1.80 bits per heavy atom. The molecule has 0 unspecified atom stereocenters. The van der Waals surface area contributed by atoms with Crippen LogP contribution >= 0.6 is 15.9 Å². The van der Waals surface area contributed by atoms with E-state index in [1.54, 1.807) is 4.68 Å². The number of nitrogens with zero attached hydrogens (tertiary/aromatic N) is 3. The van der Waals surface area contributed by atoms with Crippen LogP contribution in [0.2, 0.25) is 0 Å². The Morgan fingerprint density at radius 3 is 3.10 bits per heavy atom. The molecular weight excluding hydrogens is 194 g/mol. The van der Waals surface area contributed by atoms with Gasteiger partial charge in [0.05, 0.1) is 19.0 Å². The summed E-state index contributed by atoms with van der Waals surface area (Å²) >= 11 is 3.21. The second-order valence-corrected chi connectivity index (χ2v) is 2.62. The second-order valence-electron chi connectivity index (χ2n) is 1.81. The summed E-state index contributed by atoms with van der Waals surface area (Å²) in [5.41, 5.74) is 0. The van der Waals surface area contributed by atoms with E-state index in [-0.39, 0.29) is 0 Å². The molecule has 1 aromatic rings. The van der Waals surface area contributed by atoms with Crippen molar-refractivity contribution in [3.05, 3.63) is 16.9 Å². The first kappa shape index (κ1) is 7.29. The quantitative estimate of drug-likeness (QED) is 0.726. The lowest BCUT2D eigenvalue weighted by Gasteiger charge is -1.92. The van der Waals surface area contributed by atoms with Crippen LogP contribution < -0.4 is 0 Å². The highest BCUT2D eigenvalue weighted by Crippen LogP contribution is 2.03. The summed E-state index contributed by atoms with van der Waals surface area (Å²) in [7, 11) is 0. The number of hydrogen-bond donors (Lipinski definition) is 0. The average molecular weight is 200 g/mol. The van der Waals surface area contributed by atoms with Crippen molar-refractivity contribution in [1.82, 2.24) is 9.78 Å². The Balaban J connectivity index is 2.52.